The highest BCUT2D eigenvalue weighted by atomic mass is 16.6. The van der Waals surface area contributed by atoms with Crippen LogP contribution in [0.5, 0.6) is 5.75 Å². The molecule has 0 saturated heterocycles. The van der Waals surface area contributed by atoms with Crippen molar-refractivity contribution in [1.82, 2.24) is 4.98 Å². The van der Waals surface area contributed by atoms with Gasteiger partial charge < -0.3 is 4.74 Å². The molecule has 1 heterocycles. The van der Waals surface area contributed by atoms with Crippen LogP contribution in [-0.4, -0.2) is 17.0 Å². The zero-order valence-corrected chi connectivity index (χ0v) is 10.0. The number of benzene rings is 1. The summed E-state index contributed by atoms with van der Waals surface area (Å²) in [5, 5.41) is 11.4. The quantitative estimate of drug-likeness (QED) is 0.591. The molecule has 0 atom stereocenters. The molecule has 0 saturated carbocycles. The van der Waals surface area contributed by atoms with Gasteiger partial charge in [-0.1, -0.05) is 13.8 Å². The molecular formula is C12H14N2O3. The Kier molecular flexibility index (Phi) is 4.39. The number of methoxy groups -OCH3 is 1. The van der Waals surface area contributed by atoms with Gasteiger partial charge in [0.05, 0.1) is 12.0 Å². The molecule has 2 aromatic rings. The fourth-order valence-corrected chi connectivity index (χ4v) is 1.46. The van der Waals surface area contributed by atoms with Gasteiger partial charge in [-0.3, -0.25) is 10.1 Å². The van der Waals surface area contributed by atoms with Gasteiger partial charge in [0.1, 0.15) is 5.75 Å². The maximum absolute atomic E-state index is 10.7. The van der Waals surface area contributed by atoms with Crippen molar-refractivity contribution < 1.29 is 9.66 Å². The summed E-state index contributed by atoms with van der Waals surface area (Å²) in [4.78, 5) is 14.3. The number of rotatable bonds is 2. The molecule has 0 unspecified atom stereocenters. The van der Waals surface area contributed by atoms with E-state index in [1.807, 2.05) is 13.8 Å². The van der Waals surface area contributed by atoms with Crippen molar-refractivity contribution in [1.29, 1.82) is 0 Å². The minimum absolute atomic E-state index is 0.00796. The number of fused-ring (bicyclic) bond motifs is 1. The van der Waals surface area contributed by atoms with Crippen molar-refractivity contribution in [3.8, 4) is 5.75 Å². The lowest BCUT2D eigenvalue weighted by atomic mass is 10.2. The molecule has 0 fully saturated rings. The lowest BCUT2D eigenvalue weighted by Gasteiger charge is -2.04. The van der Waals surface area contributed by atoms with Gasteiger partial charge in [-0.15, -0.1) is 0 Å². The van der Waals surface area contributed by atoms with Gasteiger partial charge in [0.25, 0.3) is 5.69 Å². The van der Waals surface area contributed by atoms with Gasteiger partial charge in [0.2, 0.25) is 0 Å². The highest BCUT2D eigenvalue weighted by Crippen LogP contribution is 2.30. The summed E-state index contributed by atoms with van der Waals surface area (Å²) >= 11 is 0. The van der Waals surface area contributed by atoms with E-state index < -0.39 is 4.92 Å². The summed E-state index contributed by atoms with van der Waals surface area (Å²) < 4.78 is 5.10. The highest BCUT2D eigenvalue weighted by molar-refractivity contribution is 5.91. The van der Waals surface area contributed by atoms with Crippen LogP contribution in [0.15, 0.2) is 30.5 Å². The third-order valence-electron chi connectivity index (χ3n) is 2.12. The van der Waals surface area contributed by atoms with E-state index in [1.165, 1.54) is 19.4 Å². The van der Waals surface area contributed by atoms with Gasteiger partial charge >= 0.3 is 0 Å². The molecule has 90 valence electrons. The van der Waals surface area contributed by atoms with E-state index in [2.05, 4.69) is 4.98 Å². The average molecular weight is 234 g/mol. The first-order chi connectivity index (χ1) is 8.24. The molecule has 0 amide bonds. The van der Waals surface area contributed by atoms with E-state index >= 15 is 0 Å². The van der Waals surface area contributed by atoms with Gasteiger partial charge in [-0.25, -0.2) is 4.98 Å². The normalized spacial score (nSPS) is 9.35. The number of hydrogen-bond acceptors (Lipinski definition) is 4. The second-order valence-electron chi connectivity index (χ2n) is 2.94. The number of pyridine rings is 1. The smallest absolute Gasteiger partial charge is 0.295 e. The van der Waals surface area contributed by atoms with Gasteiger partial charge in [-0.2, -0.15) is 0 Å². The third-order valence-corrected chi connectivity index (χ3v) is 2.12. The largest absolute Gasteiger partial charge is 0.496 e. The SMILES string of the molecule is CC.COc1ccc([N+](=O)[O-])c2ncccc12. The molecule has 0 N–H and O–H groups in total. The molecule has 0 aliphatic rings. The Morgan fingerprint density at radius 1 is 1.29 bits per heavy atom. The molecule has 0 spiro atoms. The van der Waals surface area contributed by atoms with E-state index in [4.69, 9.17) is 4.74 Å². The second kappa shape index (κ2) is 5.79. The van der Waals surface area contributed by atoms with Crippen molar-refractivity contribution in [3.05, 3.63) is 40.6 Å². The Morgan fingerprint density at radius 2 is 2.00 bits per heavy atom. The van der Waals surface area contributed by atoms with Crippen molar-refractivity contribution in [2.24, 2.45) is 0 Å². The van der Waals surface area contributed by atoms with Gasteiger partial charge in [-0.05, 0) is 18.2 Å². The number of aromatic nitrogens is 1. The van der Waals surface area contributed by atoms with Crippen LogP contribution in [0.25, 0.3) is 10.9 Å². The van der Waals surface area contributed by atoms with E-state index in [1.54, 1.807) is 18.2 Å². The minimum atomic E-state index is -0.450. The fraction of sp³-hybridized carbons (Fsp3) is 0.250. The van der Waals surface area contributed by atoms with Crippen molar-refractivity contribution in [2.75, 3.05) is 7.11 Å². The van der Waals surface area contributed by atoms with Crippen LogP contribution < -0.4 is 4.74 Å². The number of nitro benzene ring substituents is 1. The predicted molar refractivity (Wildman–Crippen MR) is 66.3 cm³/mol. The maximum Gasteiger partial charge on any atom is 0.295 e. The van der Waals surface area contributed by atoms with Crippen LogP contribution in [0.1, 0.15) is 13.8 Å². The maximum atomic E-state index is 10.7. The predicted octanol–water partition coefficient (Wildman–Crippen LogP) is 3.18. The molecule has 5 heteroatoms. The highest BCUT2D eigenvalue weighted by Gasteiger charge is 2.15. The van der Waals surface area contributed by atoms with Crippen LogP contribution in [-0.2, 0) is 0 Å². The number of ether oxygens (including phenoxy) is 1. The van der Waals surface area contributed by atoms with Crippen LogP contribution in [0.4, 0.5) is 5.69 Å². The standard InChI is InChI=1S/C10H8N2O3.C2H6/c1-15-9-5-4-8(12(13)14)10-7(9)3-2-6-11-10;1-2/h2-6H,1H3;1-2H3. The summed E-state index contributed by atoms with van der Waals surface area (Å²) in [7, 11) is 1.52. The molecule has 2 rings (SSSR count). The van der Waals surface area contributed by atoms with Crippen LogP contribution in [0.2, 0.25) is 0 Å². The molecule has 0 bridgehead atoms. The molecule has 1 aromatic carbocycles. The lowest BCUT2D eigenvalue weighted by Crippen LogP contribution is -1.93. The number of non-ortho nitro benzene ring substituents is 1. The third kappa shape index (κ3) is 2.50. The summed E-state index contributed by atoms with van der Waals surface area (Å²) in [6.07, 6.45) is 1.52. The minimum Gasteiger partial charge on any atom is -0.496 e. The Morgan fingerprint density at radius 3 is 2.59 bits per heavy atom. The second-order valence-corrected chi connectivity index (χ2v) is 2.94. The Labute approximate surface area is 99.2 Å². The van der Waals surface area contributed by atoms with E-state index in [0.29, 0.717) is 16.7 Å². The van der Waals surface area contributed by atoms with Gasteiger partial charge in [0.15, 0.2) is 5.52 Å². The first kappa shape index (κ1) is 12.9. The molecule has 0 aliphatic carbocycles. The van der Waals surface area contributed by atoms with E-state index in [0.717, 1.165) is 0 Å². The zero-order valence-electron chi connectivity index (χ0n) is 10.0. The van der Waals surface area contributed by atoms with E-state index in [-0.39, 0.29) is 5.69 Å². The molecule has 1 aromatic heterocycles. The van der Waals surface area contributed by atoms with E-state index in [9.17, 15) is 10.1 Å². The van der Waals surface area contributed by atoms with Crippen LogP contribution in [0, 0.1) is 10.1 Å². The van der Waals surface area contributed by atoms with Crippen molar-refractivity contribution in [2.45, 2.75) is 13.8 Å². The molecule has 17 heavy (non-hydrogen) atoms. The molecule has 5 nitrogen and oxygen atoms in total. The van der Waals surface area contributed by atoms with Crippen molar-refractivity contribution in [3.63, 3.8) is 0 Å². The number of nitro groups is 1. The Hall–Kier alpha value is -2.17. The topological polar surface area (TPSA) is 65.3 Å². The average Bonchev–Trinajstić information content (AvgIpc) is 2.39. The van der Waals surface area contributed by atoms with Crippen LogP contribution >= 0.6 is 0 Å². The monoisotopic (exact) mass is 234 g/mol. The Balaban J connectivity index is 0.000000686. The molecular weight excluding hydrogens is 220 g/mol. The fourth-order valence-electron chi connectivity index (χ4n) is 1.46. The lowest BCUT2D eigenvalue weighted by molar-refractivity contribution is -0.383. The first-order valence-corrected chi connectivity index (χ1v) is 5.30. The first-order valence-electron chi connectivity index (χ1n) is 5.30. The number of nitrogens with zero attached hydrogens (tertiary/aromatic N) is 2. The molecule has 0 aliphatic heterocycles. The molecule has 0 radical (unpaired) electrons. The summed E-state index contributed by atoms with van der Waals surface area (Å²) in [5.41, 5.74) is 0.341. The zero-order chi connectivity index (χ0) is 12.8. The van der Waals surface area contributed by atoms with Crippen LogP contribution in [0.3, 0.4) is 0 Å². The summed E-state index contributed by atoms with van der Waals surface area (Å²) in [6.45, 7) is 4.00. The number of hydrogen-bond donors (Lipinski definition) is 0. The van der Waals surface area contributed by atoms with Crippen molar-refractivity contribution >= 4 is 16.6 Å². The Bertz CT molecular complexity index is 526. The van der Waals surface area contributed by atoms with Gasteiger partial charge in [0, 0.05) is 17.6 Å². The summed E-state index contributed by atoms with van der Waals surface area (Å²) in [5.74, 6) is 0.587. The summed E-state index contributed by atoms with van der Waals surface area (Å²) in [6, 6.07) is 6.43.